The highest BCUT2D eigenvalue weighted by molar-refractivity contribution is 5.71. The van der Waals surface area contributed by atoms with Crippen molar-refractivity contribution in [2.75, 3.05) is 6.61 Å². The summed E-state index contributed by atoms with van der Waals surface area (Å²) in [6.45, 7) is 2.55. The topological polar surface area (TPSA) is 103 Å². The molecule has 0 spiro atoms. The number of unbranched alkanes of at least 4 members (excludes halogenated alkanes) is 1. The summed E-state index contributed by atoms with van der Waals surface area (Å²) in [4.78, 5) is 11.7. The minimum atomic E-state index is -0.514. The Balaban J connectivity index is 1.76. The van der Waals surface area contributed by atoms with Crippen molar-refractivity contribution in [2.45, 2.75) is 32.9 Å². The molecule has 0 aliphatic carbocycles. The molecule has 2 rings (SSSR count). The highest BCUT2D eigenvalue weighted by Gasteiger charge is 2.10. The third-order valence-electron chi connectivity index (χ3n) is 3.03. The molecule has 0 saturated heterocycles. The Morgan fingerprint density at radius 2 is 2.13 bits per heavy atom. The van der Waals surface area contributed by atoms with Gasteiger partial charge in [0, 0.05) is 6.54 Å². The van der Waals surface area contributed by atoms with E-state index in [1.54, 1.807) is 28.9 Å². The Morgan fingerprint density at radius 3 is 2.83 bits per heavy atom. The maximum absolute atomic E-state index is 11.7. The summed E-state index contributed by atoms with van der Waals surface area (Å²) in [7, 11) is 0. The average molecular weight is 315 g/mol. The second-order valence-electron chi connectivity index (χ2n) is 4.76. The molecule has 0 amide bonds. The number of benzene rings is 1. The number of ether oxygens (including phenoxy) is 2. The molecule has 8 heteroatoms. The zero-order chi connectivity index (χ0) is 16.5. The first-order valence-corrected chi connectivity index (χ1v) is 7.26. The number of aryl methyl sites for hydroxylation is 1. The standard InChI is InChI=1S/C15H17N5O3/c1-2-3-8-20-14(17-18-19-20)10-23-15(21)11-22-13-6-4-12(9-16)5-7-13/h4-7H,2-3,8,10-11H2,1H3. The van der Waals surface area contributed by atoms with Crippen LogP contribution < -0.4 is 4.74 Å². The Kier molecular flexibility index (Phi) is 6.06. The number of tetrazole rings is 1. The van der Waals surface area contributed by atoms with Gasteiger partial charge in [-0.05, 0) is 41.1 Å². The van der Waals surface area contributed by atoms with Gasteiger partial charge < -0.3 is 9.47 Å². The van der Waals surface area contributed by atoms with Crippen molar-refractivity contribution in [1.29, 1.82) is 5.26 Å². The second-order valence-corrected chi connectivity index (χ2v) is 4.76. The first-order chi connectivity index (χ1) is 11.2. The van der Waals surface area contributed by atoms with Crippen molar-refractivity contribution < 1.29 is 14.3 Å². The zero-order valence-electron chi connectivity index (χ0n) is 12.8. The van der Waals surface area contributed by atoms with Crippen molar-refractivity contribution in [2.24, 2.45) is 0 Å². The number of carbonyl (C=O) groups is 1. The predicted molar refractivity (Wildman–Crippen MR) is 79.2 cm³/mol. The third kappa shape index (κ3) is 5.07. The van der Waals surface area contributed by atoms with Crippen LogP contribution in [0.3, 0.4) is 0 Å². The summed E-state index contributed by atoms with van der Waals surface area (Å²) in [5, 5.41) is 20.0. The molecule has 0 aliphatic heterocycles. The van der Waals surface area contributed by atoms with E-state index in [0.29, 0.717) is 23.7 Å². The molecule has 0 atom stereocenters. The fraction of sp³-hybridized carbons (Fsp3) is 0.400. The largest absolute Gasteiger partial charge is 0.482 e. The minimum Gasteiger partial charge on any atom is -0.482 e. The molecule has 0 N–H and O–H groups in total. The molecule has 0 saturated carbocycles. The number of aromatic nitrogens is 4. The van der Waals surface area contributed by atoms with Gasteiger partial charge in [0.2, 0.25) is 0 Å². The summed E-state index contributed by atoms with van der Waals surface area (Å²) >= 11 is 0. The van der Waals surface area contributed by atoms with Gasteiger partial charge >= 0.3 is 5.97 Å². The maximum atomic E-state index is 11.7. The van der Waals surface area contributed by atoms with Gasteiger partial charge in [0.25, 0.3) is 0 Å². The van der Waals surface area contributed by atoms with Crippen molar-refractivity contribution in [3.8, 4) is 11.8 Å². The lowest BCUT2D eigenvalue weighted by atomic mass is 10.2. The summed E-state index contributed by atoms with van der Waals surface area (Å²) in [5.74, 6) is 0.485. The molecular formula is C15H17N5O3. The van der Waals surface area contributed by atoms with Crippen LogP contribution in [0.1, 0.15) is 31.2 Å². The van der Waals surface area contributed by atoms with Gasteiger partial charge in [0.05, 0.1) is 11.6 Å². The first kappa shape index (κ1) is 16.4. The fourth-order valence-corrected chi connectivity index (χ4v) is 1.76. The van der Waals surface area contributed by atoms with Crippen molar-refractivity contribution in [3.63, 3.8) is 0 Å². The molecular weight excluding hydrogens is 298 g/mol. The van der Waals surface area contributed by atoms with Crippen molar-refractivity contribution >= 4 is 5.97 Å². The molecule has 120 valence electrons. The number of hydrogen-bond acceptors (Lipinski definition) is 7. The van der Waals surface area contributed by atoms with E-state index in [4.69, 9.17) is 14.7 Å². The van der Waals surface area contributed by atoms with Crippen LogP contribution in [-0.2, 0) is 22.7 Å². The van der Waals surface area contributed by atoms with Crippen LogP contribution in [0.25, 0.3) is 0 Å². The van der Waals surface area contributed by atoms with Crippen LogP contribution in [0, 0.1) is 11.3 Å². The number of esters is 1. The number of nitriles is 1. The summed E-state index contributed by atoms with van der Waals surface area (Å²) in [5.41, 5.74) is 0.527. The monoisotopic (exact) mass is 315 g/mol. The van der Waals surface area contributed by atoms with Gasteiger partial charge in [-0.1, -0.05) is 13.3 Å². The van der Waals surface area contributed by atoms with E-state index >= 15 is 0 Å². The van der Waals surface area contributed by atoms with Gasteiger partial charge in [-0.25, -0.2) is 9.48 Å². The number of hydrogen-bond donors (Lipinski definition) is 0. The third-order valence-corrected chi connectivity index (χ3v) is 3.03. The van der Waals surface area contributed by atoms with E-state index in [9.17, 15) is 4.79 Å². The van der Waals surface area contributed by atoms with Crippen LogP contribution >= 0.6 is 0 Å². The lowest BCUT2D eigenvalue weighted by Gasteiger charge is -2.07. The van der Waals surface area contributed by atoms with Crippen molar-refractivity contribution in [3.05, 3.63) is 35.7 Å². The minimum absolute atomic E-state index is 0.00623. The SMILES string of the molecule is CCCCn1nnnc1COC(=O)COc1ccc(C#N)cc1. The summed E-state index contributed by atoms with van der Waals surface area (Å²) < 4.78 is 12.0. The normalized spacial score (nSPS) is 10.1. The second kappa shape index (κ2) is 8.48. The Labute approximate surface area is 133 Å². The van der Waals surface area contributed by atoms with Crippen LogP contribution in [0.15, 0.2) is 24.3 Å². The van der Waals surface area contributed by atoms with Gasteiger partial charge in [0.1, 0.15) is 5.75 Å². The molecule has 2 aromatic rings. The van der Waals surface area contributed by atoms with Crippen LogP contribution in [0.5, 0.6) is 5.75 Å². The number of rotatable bonds is 8. The van der Waals surface area contributed by atoms with Gasteiger partial charge in [0.15, 0.2) is 19.0 Å². The van der Waals surface area contributed by atoms with E-state index in [2.05, 4.69) is 22.4 Å². The van der Waals surface area contributed by atoms with E-state index in [-0.39, 0.29) is 13.2 Å². The fourth-order valence-electron chi connectivity index (χ4n) is 1.76. The molecule has 0 unspecified atom stereocenters. The molecule has 0 radical (unpaired) electrons. The van der Waals surface area contributed by atoms with E-state index < -0.39 is 5.97 Å². The van der Waals surface area contributed by atoms with E-state index in [1.807, 2.05) is 6.07 Å². The number of nitrogens with zero attached hydrogens (tertiary/aromatic N) is 5. The maximum Gasteiger partial charge on any atom is 0.344 e. The van der Waals surface area contributed by atoms with Gasteiger partial charge in [-0.3, -0.25) is 0 Å². The first-order valence-electron chi connectivity index (χ1n) is 7.26. The molecule has 1 aromatic carbocycles. The van der Waals surface area contributed by atoms with Crippen LogP contribution in [0.2, 0.25) is 0 Å². The Morgan fingerprint density at radius 1 is 1.35 bits per heavy atom. The smallest absolute Gasteiger partial charge is 0.344 e. The summed E-state index contributed by atoms with van der Waals surface area (Å²) in [6.07, 6.45) is 1.98. The quantitative estimate of drug-likeness (QED) is 0.679. The highest BCUT2D eigenvalue weighted by atomic mass is 16.6. The van der Waals surface area contributed by atoms with Gasteiger partial charge in [-0.2, -0.15) is 5.26 Å². The van der Waals surface area contributed by atoms with Crippen molar-refractivity contribution in [1.82, 2.24) is 20.2 Å². The molecule has 0 bridgehead atoms. The Bertz CT molecular complexity index is 675. The van der Waals surface area contributed by atoms with E-state index in [0.717, 1.165) is 12.8 Å². The molecule has 8 nitrogen and oxygen atoms in total. The predicted octanol–water partition coefficient (Wildman–Crippen LogP) is 1.47. The van der Waals surface area contributed by atoms with E-state index in [1.165, 1.54) is 0 Å². The zero-order valence-corrected chi connectivity index (χ0v) is 12.8. The average Bonchev–Trinajstić information content (AvgIpc) is 3.04. The molecule has 0 aliphatic rings. The molecule has 1 heterocycles. The summed E-state index contributed by atoms with van der Waals surface area (Å²) in [6, 6.07) is 8.48. The van der Waals surface area contributed by atoms with Gasteiger partial charge in [-0.15, -0.1) is 5.10 Å². The Hall–Kier alpha value is -2.95. The lowest BCUT2D eigenvalue weighted by molar-refractivity contribution is -0.147. The molecule has 23 heavy (non-hydrogen) atoms. The molecule has 0 fully saturated rings. The number of carbonyl (C=O) groups excluding carboxylic acids is 1. The lowest BCUT2D eigenvalue weighted by Crippen LogP contribution is -2.16. The van der Waals surface area contributed by atoms with Crippen LogP contribution in [0.4, 0.5) is 0 Å². The van der Waals surface area contributed by atoms with Crippen LogP contribution in [-0.4, -0.2) is 32.8 Å². The molecule has 1 aromatic heterocycles. The highest BCUT2D eigenvalue weighted by Crippen LogP contribution is 2.11.